The van der Waals surface area contributed by atoms with Crippen molar-refractivity contribution in [2.24, 2.45) is 17.8 Å². The predicted molar refractivity (Wildman–Crippen MR) is 74.5 cm³/mol. The number of carbonyl (C=O) groups excluding carboxylic acids is 2. The fourth-order valence-electron chi connectivity index (χ4n) is 2.66. The fourth-order valence-corrected chi connectivity index (χ4v) is 2.66. The second-order valence-corrected chi connectivity index (χ2v) is 6.13. The topological polar surface area (TPSA) is 46.6 Å². The minimum Gasteiger partial charge on any atom is -0.462 e. The van der Waals surface area contributed by atoms with E-state index < -0.39 is 0 Å². The molecule has 1 rings (SSSR count). The molecule has 110 valence electrons. The van der Waals surface area contributed by atoms with Gasteiger partial charge < -0.3 is 9.64 Å². The average molecular weight is 269 g/mol. The molecule has 0 radical (unpaired) electrons. The first-order valence-corrected chi connectivity index (χ1v) is 7.22. The van der Waals surface area contributed by atoms with E-state index in [1.807, 2.05) is 0 Å². The molecule has 0 aliphatic heterocycles. The Kier molecular flexibility index (Phi) is 5.83. The molecule has 0 bridgehead atoms. The lowest BCUT2D eigenvalue weighted by atomic mass is 9.74. The largest absolute Gasteiger partial charge is 0.462 e. The van der Waals surface area contributed by atoms with E-state index in [9.17, 15) is 9.59 Å². The number of esters is 1. The number of carbonyl (C=O) groups is 2. The van der Waals surface area contributed by atoms with Crippen LogP contribution in [0.2, 0.25) is 0 Å². The van der Waals surface area contributed by atoms with Gasteiger partial charge in [0.2, 0.25) is 5.91 Å². The molecule has 0 aromatic heterocycles. The van der Waals surface area contributed by atoms with Gasteiger partial charge in [-0.3, -0.25) is 9.59 Å². The van der Waals surface area contributed by atoms with Gasteiger partial charge in [0.25, 0.3) is 0 Å². The van der Waals surface area contributed by atoms with E-state index in [-0.39, 0.29) is 30.8 Å². The summed E-state index contributed by atoms with van der Waals surface area (Å²) in [6, 6.07) is 0. The van der Waals surface area contributed by atoms with Crippen LogP contribution in [0, 0.1) is 17.8 Å². The number of hydrogen-bond donors (Lipinski definition) is 0. The first-order valence-electron chi connectivity index (χ1n) is 7.22. The summed E-state index contributed by atoms with van der Waals surface area (Å²) in [5.41, 5.74) is 0. The first kappa shape index (κ1) is 16.0. The average Bonchev–Trinajstić information content (AvgIpc) is 2.36. The highest BCUT2D eigenvalue weighted by atomic mass is 16.5. The van der Waals surface area contributed by atoms with Crippen LogP contribution in [0.3, 0.4) is 0 Å². The second kappa shape index (κ2) is 6.92. The zero-order chi connectivity index (χ0) is 14.6. The first-order chi connectivity index (χ1) is 8.82. The molecular formula is C15H27NO3. The molecule has 1 saturated carbocycles. The van der Waals surface area contributed by atoms with Crippen LogP contribution in [0.4, 0.5) is 0 Å². The van der Waals surface area contributed by atoms with Gasteiger partial charge in [-0.25, -0.2) is 0 Å². The summed E-state index contributed by atoms with van der Waals surface area (Å²) in [6.45, 7) is 6.52. The minimum atomic E-state index is -0.243. The Morgan fingerprint density at radius 3 is 2.21 bits per heavy atom. The number of hydrogen-bond acceptors (Lipinski definition) is 3. The molecular weight excluding hydrogens is 242 g/mol. The Bertz CT molecular complexity index is 327. The summed E-state index contributed by atoms with van der Waals surface area (Å²) in [5, 5.41) is 0. The van der Waals surface area contributed by atoms with Crippen molar-refractivity contribution in [3.63, 3.8) is 0 Å². The third kappa shape index (κ3) is 4.51. The Labute approximate surface area is 116 Å². The van der Waals surface area contributed by atoms with Crippen molar-refractivity contribution in [1.82, 2.24) is 4.90 Å². The van der Waals surface area contributed by atoms with E-state index in [0.717, 1.165) is 6.42 Å². The van der Waals surface area contributed by atoms with Gasteiger partial charge in [0.05, 0.1) is 6.42 Å². The van der Waals surface area contributed by atoms with Gasteiger partial charge in [-0.2, -0.15) is 0 Å². The fraction of sp³-hybridized carbons (Fsp3) is 0.867. The molecule has 1 amide bonds. The third-order valence-corrected chi connectivity index (χ3v) is 4.36. The van der Waals surface area contributed by atoms with Crippen LogP contribution in [0.15, 0.2) is 0 Å². The lowest BCUT2D eigenvalue weighted by molar-refractivity contribution is -0.159. The maximum absolute atomic E-state index is 11.8. The summed E-state index contributed by atoms with van der Waals surface area (Å²) in [4.78, 5) is 24.8. The van der Waals surface area contributed by atoms with Gasteiger partial charge in [0.1, 0.15) is 6.10 Å². The van der Waals surface area contributed by atoms with Crippen molar-refractivity contribution in [1.29, 1.82) is 0 Å². The van der Waals surface area contributed by atoms with Crippen LogP contribution >= 0.6 is 0 Å². The van der Waals surface area contributed by atoms with Gasteiger partial charge in [-0.1, -0.05) is 20.8 Å². The molecule has 0 spiro atoms. The van der Waals surface area contributed by atoms with Crippen LogP contribution in [-0.4, -0.2) is 37.0 Å². The normalized spacial score (nSPS) is 30.8. The molecule has 0 saturated heterocycles. The molecule has 0 heterocycles. The predicted octanol–water partition coefficient (Wildman–Crippen LogP) is 2.47. The molecule has 4 atom stereocenters. The van der Waals surface area contributed by atoms with E-state index in [1.54, 1.807) is 14.1 Å². The van der Waals surface area contributed by atoms with Gasteiger partial charge in [0.15, 0.2) is 0 Å². The van der Waals surface area contributed by atoms with Crippen molar-refractivity contribution >= 4 is 11.9 Å². The summed E-state index contributed by atoms with van der Waals surface area (Å²) >= 11 is 0. The number of rotatable bonds is 4. The van der Waals surface area contributed by atoms with Crippen molar-refractivity contribution < 1.29 is 14.3 Å². The van der Waals surface area contributed by atoms with Gasteiger partial charge >= 0.3 is 5.97 Å². The summed E-state index contributed by atoms with van der Waals surface area (Å²) in [6.07, 6.45) is 2.74. The second-order valence-electron chi connectivity index (χ2n) is 6.13. The van der Waals surface area contributed by atoms with Crippen molar-refractivity contribution in [2.45, 2.75) is 52.6 Å². The summed E-state index contributed by atoms with van der Waals surface area (Å²) in [7, 11) is 3.39. The summed E-state index contributed by atoms with van der Waals surface area (Å²) in [5.74, 6) is 1.14. The van der Waals surface area contributed by atoms with E-state index in [1.165, 1.54) is 11.3 Å². The molecule has 4 heteroatoms. The minimum absolute atomic E-state index is 0.00529. The van der Waals surface area contributed by atoms with Gasteiger partial charge in [-0.05, 0) is 30.6 Å². The highest BCUT2D eigenvalue weighted by molar-refractivity contribution is 5.81. The molecule has 19 heavy (non-hydrogen) atoms. The Morgan fingerprint density at radius 1 is 1.05 bits per heavy atom. The Hall–Kier alpha value is -1.06. The van der Waals surface area contributed by atoms with E-state index in [4.69, 9.17) is 4.74 Å². The number of nitrogens with zero attached hydrogens (tertiary/aromatic N) is 1. The smallest absolute Gasteiger partial charge is 0.306 e. The van der Waals surface area contributed by atoms with Crippen LogP contribution in [0.1, 0.15) is 46.5 Å². The highest BCUT2D eigenvalue weighted by Gasteiger charge is 2.35. The quantitative estimate of drug-likeness (QED) is 0.737. The molecule has 2 unspecified atom stereocenters. The third-order valence-electron chi connectivity index (χ3n) is 4.36. The van der Waals surface area contributed by atoms with Crippen LogP contribution in [0.25, 0.3) is 0 Å². The molecule has 0 N–H and O–H groups in total. The Morgan fingerprint density at radius 2 is 1.63 bits per heavy atom. The van der Waals surface area contributed by atoms with E-state index in [2.05, 4.69) is 20.8 Å². The molecule has 1 fully saturated rings. The highest BCUT2D eigenvalue weighted by Crippen LogP contribution is 2.35. The zero-order valence-electron chi connectivity index (χ0n) is 12.8. The maximum atomic E-state index is 11.8. The number of ether oxygens (including phenoxy) is 1. The van der Waals surface area contributed by atoms with E-state index >= 15 is 0 Å². The van der Waals surface area contributed by atoms with Gasteiger partial charge in [0, 0.05) is 20.5 Å². The number of amides is 1. The Balaban J connectivity index is 2.44. The summed E-state index contributed by atoms with van der Waals surface area (Å²) < 4.78 is 5.61. The van der Waals surface area contributed by atoms with Crippen molar-refractivity contribution in [3.05, 3.63) is 0 Å². The van der Waals surface area contributed by atoms with Crippen molar-refractivity contribution in [2.75, 3.05) is 14.1 Å². The lowest BCUT2D eigenvalue weighted by Gasteiger charge is -2.38. The van der Waals surface area contributed by atoms with E-state index in [0.29, 0.717) is 17.8 Å². The molecule has 1 aliphatic carbocycles. The van der Waals surface area contributed by atoms with Gasteiger partial charge in [-0.15, -0.1) is 0 Å². The molecule has 0 aromatic rings. The maximum Gasteiger partial charge on any atom is 0.306 e. The molecule has 0 aromatic carbocycles. The van der Waals surface area contributed by atoms with Crippen LogP contribution in [0.5, 0.6) is 0 Å². The van der Waals surface area contributed by atoms with Crippen LogP contribution < -0.4 is 0 Å². The lowest BCUT2D eigenvalue weighted by Crippen LogP contribution is -2.39. The van der Waals surface area contributed by atoms with Crippen molar-refractivity contribution in [3.8, 4) is 0 Å². The zero-order valence-corrected chi connectivity index (χ0v) is 12.8. The molecule has 4 nitrogen and oxygen atoms in total. The monoisotopic (exact) mass is 269 g/mol. The standard InChI is InChI=1S/C15H27NO3/c1-10-6-7-11(2)15(12(10)3)19-14(18)9-8-13(17)16(4)5/h10-12,15H,6-9H2,1-5H3/t10?,11?,12-,15+/m1/s1. The van der Waals surface area contributed by atoms with Crippen LogP contribution in [-0.2, 0) is 14.3 Å². The molecule has 1 aliphatic rings. The SMILES string of the molecule is CC1CCC(C)[C@H](OC(=O)CCC(=O)N(C)C)[C@@H]1C.